The predicted octanol–water partition coefficient (Wildman–Crippen LogP) is 1.10. The number of hydrogen-bond acceptors (Lipinski definition) is 6. The van der Waals surface area contributed by atoms with Crippen LogP contribution in [-0.4, -0.2) is 86.7 Å². The summed E-state index contributed by atoms with van der Waals surface area (Å²) in [4.78, 5) is 22.2. The molecule has 1 aromatic heterocycles. The van der Waals surface area contributed by atoms with Crippen molar-refractivity contribution in [3.63, 3.8) is 0 Å². The van der Waals surface area contributed by atoms with E-state index in [0.29, 0.717) is 19.7 Å². The normalized spacial score (nSPS) is 22.7. The molecule has 8 heteroatoms. The van der Waals surface area contributed by atoms with Crippen LogP contribution in [0.3, 0.4) is 0 Å². The molecule has 2 fully saturated rings. The average molecular weight is 428 g/mol. The Balaban J connectivity index is 1.23. The van der Waals surface area contributed by atoms with Crippen molar-refractivity contribution in [1.29, 1.82) is 0 Å². The predicted molar refractivity (Wildman–Crippen MR) is 118 cm³/mol. The Morgan fingerprint density at radius 2 is 1.87 bits per heavy atom. The minimum Gasteiger partial charge on any atom is -0.486 e. The number of ether oxygens (including phenoxy) is 1. The average Bonchev–Trinajstić information content (AvgIpc) is 3.33. The third-order valence-electron chi connectivity index (χ3n) is 6.37. The molecular weight excluding hydrogens is 394 g/mol. The number of likely N-dealkylation sites (tertiary alicyclic amines) is 1. The summed E-state index contributed by atoms with van der Waals surface area (Å²) in [6, 6.07) is 8.17. The number of aliphatic hydroxyl groups is 1. The lowest BCUT2D eigenvalue weighted by molar-refractivity contribution is -0.130. The summed E-state index contributed by atoms with van der Waals surface area (Å²) >= 11 is 0. The van der Waals surface area contributed by atoms with E-state index in [1.807, 2.05) is 34.8 Å². The summed E-state index contributed by atoms with van der Waals surface area (Å²) in [5, 5.41) is 11.1. The number of imidazole rings is 1. The highest BCUT2D eigenvalue weighted by Gasteiger charge is 2.38. The fourth-order valence-corrected chi connectivity index (χ4v) is 4.47. The van der Waals surface area contributed by atoms with E-state index in [9.17, 15) is 9.90 Å². The topological polar surface area (TPSA) is 74.1 Å². The number of carbonyl (C=O) groups excluding carboxylic acids is 1. The fourth-order valence-electron chi connectivity index (χ4n) is 4.47. The molecule has 8 nitrogen and oxygen atoms in total. The molecule has 2 aromatic rings. The molecule has 168 valence electrons. The Morgan fingerprint density at radius 3 is 2.52 bits per heavy atom. The van der Waals surface area contributed by atoms with Crippen molar-refractivity contribution in [2.45, 2.75) is 32.1 Å². The molecule has 2 aliphatic rings. The van der Waals surface area contributed by atoms with E-state index in [-0.39, 0.29) is 5.91 Å². The van der Waals surface area contributed by atoms with Gasteiger partial charge in [0.1, 0.15) is 18.2 Å². The SMILES string of the molecule is CC(=O)N1CCN(C[C@@]2(O)CCN(Cc3ccc(OCc4nccn4C)cc3)C2)CC1. The highest BCUT2D eigenvalue weighted by molar-refractivity contribution is 5.73. The van der Waals surface area contributed by atoms with Crippen molar-refractivity contribution in [2.24, 2.45) is 7.05 Å². The van der Waals surface area contributed by atoms with Crippen molar-refractivity contribution in [3.05, 3.63) is 48.0 Å². The van der Waals surface area contributed by atoms with Gasteiger partial charge < -0.3 is 19.3 Å². The summed E-state index contributed by atoms with van der Waals surface area (Å²) in [5.74, 6) is 1.86. The van der Waals surface area contributed by atoms with Crippen LogP contribution in [0, 0.1) is 0 Å². The lowest BCUT2D eigenvalue weighted by atomic mass is 10.0. The van der Waals surface area contributed by atoms with E-state index >= 15 is 0 Å². The number of β-amino-alcohol motifs (C(OH)–C–C–N with tert-alkyl or cyclic N) is 1. The molecule has 0 saturated carbocycles. The van der Waals surface area contributed by atoms with Gasteiger partial charge in [0, 0.05) is 78.7 Å². The van der Waals surface area contributed by atoms with Crippen molar-refractivity contribution in [1.82, 2.24) is 24.3 Å². The molecule has 2 saturated heterocycles. The van der Waals surface area contributed by atoms with E-state index in [0.717, 1.165) is 57.3 Å². The Hall–Kier alpha value is -2.42. The molecule has 1 amide bonds. The van der Waals surface area contributed by atoms with Crippen LogP contribution in [0.15, 0.2) is 36.7 Å². The third-order valence-corrected chi connectivity index (χ3v) is 6.37. The van der Waals surface area contributed by atoms with E-state index in [4.69, 9.17) is 4.74 Å². The lowest BCUT2D eigenvalue weighted by Crippen LogP contribution is -2.53. The van der Waals surface area contributed by atoms with E-state index in [2.05, 4.69) is 26.9 Å². The van der Waals surface area contributed by atoms with Crippen LogP contribution in [0.5, 0.6) is 5.75 Å². The smallest absolute Gasteiger partial charge is 0.219 e. The van der Waals surface area contributed by atoms with Crippen molar-refractivity contribution in [2.75, 3.05) is 45.8 Å². The minimum atomic E-state index is -0.677. The molecule has 31 heavy (non-hydrogen) atoms. The number of nitrogens with zero attached hydrogens (tertiary/aromatic N) is 5. The van der Waals surface area contributed by atoms with Gasteiger partial charge in [-0.2, -0.15) is 0 Å². The van der Waals surface area contributed by atoms with Crippen LogP contribution in [0.1, 0.15) is 24.7 Å². The first-order valence-electron chi connectivity index (χ1n) is 11.0. The maximum Gasteiger partial charge on any atom is 0.219 e. The Labute approximate surface area is 184 Å². The number of aromatic nitrogens is 2. The standard InChI is InChI=1S/C23H33N5O3/c1-19(29)28-13-11-26(12-14-28)17-23(30)7-9-27(18-23)15-20-3-5-21(6-4-20)31-16-22-24-8-10-25(22)2/h3-6,8,10,30H,7,9,11-18H2,1-2H3/t23-/m0/s1. The van der Waals surface area contributed by atoms with Crippen LogP contribution < -0.4 is 4.74 Å². The van der Waals surface area contributed by atoms with Crippen molar-refractivity contribution >= 4 is 5.91 Å². The van der Waals surface area contributed by atoms with Crippen LogP contribution in [-0.2, 0) is 25.0 Å². The summed E-state index contributed by atoms with van der Waals surface area (Å²) in [6.07, 6.45) is 4.46. The quantitative estimate of drug-likeness (QED) is 0.713. The van der Waals surface area contributed by atoms with E-state index in [1.165, 1.54) is 5.56 Å². The van der Waals surface area contributed by atoms with Crippen LogP contribution in [0.4, 0.5) is 0 Å². The maximum absolute atomic E-state index is 11.5. The Bertz CT molecular complexity index is 876. The first-order valence-corrected chi connectivity index (χ1v) is 11.0. The van der Waals surface area contributed by atoms with Crippen molar-refractivity contribution in [3.8, 4) is 5.75 Å². The Kier molecular flexibility index (Phi) is 6.60. The lowest BCUT2D eigenvalue weighted by Gasteiger charge is -2.38. The van der Waals surface area contributed by atoms with Gasteiger partial charge in [0.05, 0.1) is 5.60 Å². The number of benzene rings is 1. The minimum absolute atomic E-state index is 0.137. The Morgan fingerprint density at radius 1 is 1.13 bits per heavy atom. The second-order valence-corrected chi connectivity index (χ2v) is 8.85. The number of carbonyl (C=O) groups is 1. The second-order valence-electron chi connectivity index (χ2n) is 8.85. The number of piperazine rings is 1. The zero-order valence-corrected chi connectivity index (χ0v) is 18.5. The van der Waals surface area contributed by atoms with Gasteiger partial charge in [0.2, 0.25) is 5.91 Å². The number of aryl methyl sites for hydroxylation is 1. The first kappa shape index (κ1) is 21.8. The summed E-state index contributed by atoms with van der Waals surface area (Å²) < 4.78 is 7.78. The molecule has 1 atom stereocenters. The zero-order chi connectivity index (χ0) is 21.8. The molecule has 3 heterocycles. The van der Waals surface area contributed by atoms with Gasteiger partial charge in [0.25, 0.3) is 0 Å². The van der Waals surface area contributed by atoms with Crippen LogP contribution >= 0.6 is 0 Å². The summed E-state index contributed by atoms with van der Waals surface area (Å²) in [7, 11) is 1.96. The van der Waals surface area contributed by atoms with E-state index < -0.39 is 5.60 Å². The van der Waals surface area contributed by atoms with Crippen LogP contribution in [0.2, 0.25) is 0 Å². The molecular formula is C23H33N5O3. The third kappa shape index (κ3) is 5.64. The summed E-state index contributed by atoms with van der Waals surface area (Å²) in [6.45, 7) is 8.31. The molecule has 2 aliphatic heterocycles. The second kappa shape index (κ2) is 9.38. The monoisotopic (exact) mass is 427 g/mol. The molecule has 0 bridgehead atoms. The fraction of sp³-hybridized carbons (Fsp3) is 0.565. The van der Waals surface area contributed by atoms with Crippen LogP contribution in [0.25, 0.3) is 0 Å². The first-order chi connectivity index (χ1) is 14.9. The molecule has 4 rings (SSSR count). The van der Waals surface area contributed by atoms with Gasteiger partial charge in [-0.15, -0.1) is 0 Å². The highest BCUT2D eigenvalue weighted by atomic mass is 16.5. The number of amides is 1. The molecule has 1 N–H and O–H groups in total. The van der Waals surface area contributed by atoms with Gasteiger partial charge in [-0.1, -0.05) is 12.1 Å². The zero-order valence-electron chi connectivity index (χ0n) is 18.5. The molecule has 1 aromatic carbocycles. The van der Waals surface area contributed by atoms with Crippen molar-refractivity contribution < 1.29 is 14.6 Å². The largest absolute Gasteiger partial charge is 0.486 e. The molecule has 0 radical (unpaired) electrons. The molecule has 0 unspecified atom stereocenters. The number of hydrogen-bond donors (Lipinski definition) is 1. The van der Waals surface area contributed by atoms with Gasteiger partial charge in [-0.05, 0) is 24.1 Å². The maximum atomic E-state index is 11.5. The van der Waals surface area contributed by atoms with Gasteiger partial charge in [-0.3, -0.25) is 14.6 Å². The molecule has 0 spiro atoms. The van der Waals surface area contributed by atoms with Gasteiger partial charge in [0.15, 0.2) is 0 Å². The molecule has 0 aliphatic carbocycles. The number of rotatable bonds is 7. The highest BCUT2D eigenvalue weighted by Crippen LogP contribution is 2.25. The van der Waals surface area contributed by atoms with Gasteiger partial charge in [-0.25, -0.2) is 4.98 Å². The van der Waals surface area contributed by atoms with Gasteiger partial charge >= 0.3 is 0 Å². The summed E-state index contributed by atoms with van der Waals surface area (Å²) in [5.41, 5.74) is 0.535. The van der Waals surface area contributed by atoms with E-state index in [1.54, 1.807) is 13.1 Å².